The first-order valence-corrected chi connectivity index (χ1v) is 17.1. The maximum atomic E-state index is 12.1. The van der Waals surface area contributed by atoms with Crippen molar-refractivity contribution < 1.29 is 19.2 Å². The van der Waals surface area contributed by atoms with E-state index in [9.17, 15) is 9.67 Å². The highest BCUT2D eigenvalue weighted by Gasteiger charge is 2.34. The van der Waals surface area contributed by atoms with E-state index in [2.05, 4.69) is 61.5 Å². The van der Waals surface area contributed by atoms with E-state index in [0.717, 1.165) is 59.1 Å². The predicted octanol–water partition coefficient (Wildman–Crippen LogP) is 10.4. The molecule has 2 rings (SSSR count). The molecule has 0 aliphatic heterocycles. The van der Waals surface area contributed by atoms with Crippen LogP contribution in [0.3, 0.4) is 0 Å². The maximum absolute atomic E-state index is 12.1. The fourth-order valence-corrected chi connectivity index (χ4v) is 6.95. The summed E-state index contributed by atoms with van der Waals surface area (Å²) in [5.41, 5.74) is 7.47. The van der Waals surface area contributed by atoms with Gasteiger partial charge in [0.2, 0.25) is 0 Å². The average molecular weight is 604 g/mol. The highest BCUT2D eigenvalue weighted by Crippen LogP contribution is 2.47. The van der Waals surface area contributed by atoms with Gasteiger partial charge in [0, 0.05) is 23.0 Å². The van der Waals surface area contributed by atoms with Crippen LogP contribution < -0.4 is 4.89 Å². The second kappa shape index (κ2) is 16.1. The monoisotopic (exact) mass is 603 g/mol. The van der Waals surface area contributed by atoms with Gasteiger partial charge < -0.3 is 5.11 Å². The van der Waals surface area contributed by atoms with E-state index in [-0.39, 0.29) is 29.6 Å². The van der Waals surface area contributed by atoms with Crippen LogP contribution in [-0.4, -0.2) is 22.5 Å². The zero-order valence-electron chi connectivity index (χ0n) is 25.7. The van der Waals surface area contributed by atoms with Crippen molar-refractivity contribution in [1.29, 1.82) is 0 Å². The second-order valence-corrected chi connectivity index (χ2v) is 13.1. The molecule has 5 unspecified atom stereocenters. The van der Waals surface area contributed by atoms with E-state index in [0.29, 0.717) is 17.9 Å². The summed E-state index contributed by atoms with van der Waals surface area (Å²) in [6, 6.07) is 5.91. The summed E-state index contributed by atoms with van der Waals surface area (Å²) >= 11 is 11.3. The fourth-order valence-electron chi connectivity index (χ4n) is 5.96. The van der Waals surface area contributed by atoms with E-state index >= 15 is 0 Å². The van der Waals surface area contributed by atoms with Crippen molar-refractivity contribution in [3.8, 4) is 11.5 Å². The summed E-state index contributed by atoms with van der Waals surface area (Å²) in [6.45, 7) is 18.8. The lowest BCUT2D eigenvalue weighted by atomic mass is 9.74. The minimum atomic E-state index is -1.99. The molecule has 0 spiro atoms. The molecule has 2 aromatic rings. The molecule has 0 heterocycles. The Morgan fingerprint density at radius 2 is 1.43 bits per heavy atom. The minimum absolute atomic E-state index is 0.0559. The largest absolute Gasteiger partial charge is 0.550 e. The van der Waals surface area contributed by atoms with Gasteiger partial charge in [0.15, 0.2) is 12.4 Å². The SMILES string of the molecule is CCCC(C)C(C=S)c1c(C)c(Cc2ccc(O)c(C(C)C)c2)c(C)c(C(C=S)C(C)CCC)c1OO[P+](C)=O. The average Bonchev–Trinajstić information content (AvgIpc) is 2.89. The number of aromatic hydroxyl groups is 1. The van der Waals surface area contributed by atoms with Gasteiger partial charge in [0.05, 0.1) is 4.67 Å². The first kappa shape index (κ1) is 34.5. The Labute approximate surface area is 254 Å². The number of thiocarbonyl (C=S) groups is 2. The Morgan fingerprint density at radius 3 is 1.82 bits per heavy atom. The molecule has 0 saturated carbocycles. The van der Waals surface area contributed by atoms with Crippen molar-refractivity contribution in [1.82, 2.24) is 0 Å². The number of hydrogen-bond donors (Lipinski definition) is 1. The summed E-state index contributed by atoms with van der Waals surface area (Å²) in [5, 5.41) is 14.2. The van der Waals surface area contributed by atoms with Crippen molar-refractivity contribution >= 4 is 43.2 Å². The minimum Gasteiger partial charge on any atom is -0.508 e. The van der Waals surface area contributed by atoms with E-state index in [1.807, 2.05) is 16.8 Å². The molecule has 7 heteroatoms. The standard InChI is InChI=1S/C33H47O4PS2/c1-10-12-21(5)28(18-39)31-23(7)27(17-25-14-15-30(34)26(16-25)20(3)4)24(8)32(33(31)36-37-38(9)35)29(19-40)22(6)13-11-2/h14-16,18-22,28-29H,10-13,17H2,1-9H3/p+1. The van der Waals surface area contributed by atoms with Gasteiger partial charge in [0.1, 0.15) is 5.75 Å². The highest BCUT2D eigenvalue weighted by molar-refractivity contribution is 7.79. The van der Waals surface area contributed by atoms with Crippen LogP contribution in [0, 0.1) is 25.7 Å². The molecular formula is C33H48O4PS2+. The molecule has 220 valence electrons. The normalized spacial score (nSPS) is 14.9. The maximum Gasteiger partial charge on any atom is 0.550 e. The molecule has 0 amide bonds. The molecule has 2 aromatic carbocycles. The Balaban J connectivity index is 2.99. The zero-order chi connectivity index (χ0) is 30.1. The van der Waals surface area contributed by atoms with Gasteiger partial charge in [-0.05, 0) is 87.2 Å². The summed E-state index contributed by atoms with van der Waals surface area (Å²) in [6.07, 6.45) is 4.80. The second-order valence-electron chi connectivity index (χ2n) is 11.6. The Bertz CT molecular complexity index is 1140. The lowest BCUT2D eigenvalue weighted by Gasteiger charge is -2.31. The quantitative estimate of drug-likeness (QED) is 0.0891. The third-order valence-electron chi connectivity index (χ3n) is 8.20. The van der Waals surface area contributed by atoms with Crippen LogP contribution in [0.1, 0.15) is 124 Å². The topological polar surface area (TPSA) is 55.8 Å². The van der Waals surface area contributed by atoms with Gasteiger partial charge >= 0.3 is 8.03 Å². The van der Waals surface area contributed by atoms with Crippen molar-refractivity contribution in [3.63, 3.8) is 0 Å². The van der Waals surface area contributed by atoms with E-state index in [4.69, 9.17) is 34.0 Å². The Morgan fingerprint density at radius 1 is 0.925 bits per heavy atom. The molecule has 0 aromatic heterocycles. The summed E-state index contributed by atoms with van der Waals surface area (Å²) < 4.78 is 17.5. The van der Waals surface area contributed by atoms with Gasteiger partial charge in [-0.2, -0.15) is 0 Å². The fraction of sp³-hybridized carbons (Fsp3) is 0.576. The van der Waals surface area contributed by atoms with Gasteiger partial charge in [0.25, 0.3) is 0 Å². The molecule has 0 saturated heterocycles. The molecule has 0 bridgehead atoms. The van der Waals surface area contributed by atoms with Gasteiger partial charge in [-0.3, -0.25) is 4.89 Å². The van der Waals surface area contributed by atoms with E-state index in [1.165, 1.54) is 12.2 Å². The third kappa shape index (κ3) is 8.18. The molecule has 0 radical (unpaired) electrons. The van der Waals surface area contributed by atoms with Crippen LogP contribution in [0.25, 0.3) is 0 Å². The van der Waals surface area contributed by atoms with Gasteiger partial charge in [-0.15, -0.1) is 0 Å². The molecule has 0 aliphatic rings. The predicted molar refractivity (Wildman–Crippen MR) is 177 cm³/mol. The smallest absolute Gasteiger partial charge is 0.508 e. The lowest BCUT2D eigenvalue weighted by Crippen LogP contribution is -2.21. The first-order valence-electron chi connectivity index (χ1n) is 14.6. The van der Waals surface area contributed by atoms with Crippen molar-refractivity contribution in [2.75, 3.05) is 6.66 Å². The van der Waals surface area contributed by atoms with Crippen LogP contribution in [0.4, 0.5) is 0 Å². The summed E-state index contributed by atoms with van der Waals surface area (Å²) in [5.74, 6) is 1.59. The highest BCUT2D eigenvalue weighted by atomic mass is 32.1. The van der Waals surface area contributed by atoms with Crippen LogP contribution in [-0.2, 0) is 15.7 Å². The molecule has 0 fully saturated rings. The number of phenolic OH excluding ortho intramolecular Hbond substituents is 1. The molecule has 4 nitrogen and oxygen atoms in total. The Hall–Kier alpha value is -1.72. The Kier molecular flexibility index (Phi) is 13.8. The zero-order valence-corrected chi connectivity index (χ0v) is 28.3. The van der Waals surface area contributed by atoms with E-state index in [1.54, 1.807) is 6.07 Å². The molecule has 5 atom stereocenters. The van der Waals surface area contributed by atoms with Crippen LogP contribution in [0.15, 0.2) is 18.2 Å². The van der Waals surface area contributed by atoms with Gasteiger partial charge in [-0.25, -0.2) is 0 Å². The number of rotatable bonds is 16. The molecule has 1 N–H and O–H groups in total. The van der Waals surface area contributed by atoms with Gasteiger partial charge in [-0.1, -0.05) is 104 Å². The van der Waals surface area contributed by atoms with Crippen LogP contribution in [0.2, 0.25) is 0 Å². The molecule has 0 aliphatic carbocycles. The van der Waals surface area contributed by atoms with Crippen molar-refractivity contribution in [3.05, 3.63) is 57.1 Å². The van der Waals surface area contributed by atoms with Crippen LogP contribution in [0.5, 0.6) is 11.5 Å². The molecular weight excluding hydrogens is 555 g/mol. The summed E-state index contributed by atoms with van der Waals surface area (Å²) in [7, 11) is -1.99. The summed E-state index contributed by atoms with van der Waals surface area (Å²) in [4.78, 5) is 6.04. The first-order chi connectivity index (χ1) is 18.9. The van der Waals surface area contributed by atoms with Crippen LogP contribution >= 0.6 is 32.5 Å². The number of benzene rings is 2. The number of phenols is 1. The van der Waals surface area contributed by atoms with E-state index < -0.39 is 8.03 Å². The van der Waals surface area contributed by atoms with Crippen molar-refractivity contribution in [2.24, 2.45) is 11.8 Å². The van der Waals surface area contributed by atoms with Crippen molar-refractivity contribution in [2.45, 2.75) is 105 Å². The third-order valence-corrected chi connectivity index (χ3v) is 9.07. The molecule has 40 heavy (non-hydrogen) atoms. The number of hydrogen-bond acceptors (Lipinski definition) is 6. The lowest BCUT2D eigenvalue weighted by molar-refractivity contribution is -0.0930.